The molecule has 7 heteroatoms. The van der Waals surface area contributed by atoms with Gasteiger partial charge in [-0.2, -0.15) is 0 Å². The molecule has 1 unspecified atom stereocenters. The molecule has 0 aromatic heterocycles. The van der Waals surface area contributed by atoms with Gasteiger partial charge in [0.2, 0.25) is 0 Å². The SMILES string of the molecule is CN=C(NCCN1CCOCC1)NCC1CN(CC(C)C)CCO1. The molecule has 24 heavy (non-hydrogen) atoms. The van der Waals surface area contributed by atoms with E-state index in [4.69, 9.17) is 9.47 Å². The van der Waals surface area contributed by atoms with Gasteiger partial charge in [-0.05, 0) is 5.92 Å². The minimum Gasteiger partial charge on any atom is -0.379 e. The summed E-state index contributed by atoms with van der Waals surface area (Å²) in [5.41, 5.74) is 0. The van der Waals surface area contributed by atoms with Crippen LogP contribution in [0.2, 0.25) is 0 Å². The first kappa shape index (κ1) is 19.4. The molecule has 0 saturated carbocycles. The van der Waals surface area contributed by atoms with Crippen molar-refractivity contribution < 1.29 is 9.47 Å². The van der Waals surface area contributed by atoms with Gasteiger partial charge in [-0.15, -0.1) is 0 Å². The van der Waals surface area contributed by atoms with Crippen molar-refractivity contribution in [1.82, 2.24) is 20.4 Å². The molecule has 0 amide bonds. The molecule has 7 nitrogen and oxygen atoms in total. The van der Waals surface area contributed by atoms with Crippen LogP contribution in [0.5, 0.6) is 0 Å². The minimum absolute atomic E-state index is 0.232. The van der Waals surface area contributed by atoms with Gasteiger partial charge in [-0.1, -0.05) is 13.8 Å². The van der Waals surface area contributed by atoms with E-state index >= 15 is 0 Å². The van der Waals surface area contributed by atoms with Gasteiger partial charge in [-0.3, -0.25) is 14.8 Å². The minimum atomic E-state index is 0.232. The number of nitrogens with zero attached hydrogens (tertiary/aromatic N) is 3. The molecule has 2 heterocycles. The number of guanidine groups is 1. The number of nitrogens with one attached hydrogen (secondary N) is 2. The van der Waals surface area contributed by atoms with Crippen molar-refractivity contribution in [3.63, 3.8) is 0 Å². The van der Waals surface area contributed by atoms with Gasteiger partial charge in [0.1, 0.15) is 0 Å². The molecule has 2 fully saturated rings. The summed E-state index contributed by atoms with van der Waals surface area (Å²) in [5, 5.41) is 6.78. The second-order valence-electron chi connectivity index (χ2n) is 6.98. The highest BCUT2D eigenvalue weighted by molar-refractivity contribution is 5.79. The molecule has 2 saturated heterocycles. The lowest BCUT2D eigenvalue weighted by Gasteiger charge is -2.34. The van der Waals surface area contributed by atoms with Gasteiger partial charge >= 0.3 is 0 Å². The van der Waals surface area contributed by atoms with E-state index in [0.717, 1.165) is 78.1 Å². The van der Waals surface area contributed by atoms with Gasteiger partial charge in [0.25, 0.3) is 0 Å². The molecule has 2 rings (SSSR count). The first-order valence-corrected chi connectivity index (χ1v) is 9.26. The van der Waals surface area contributed by atoms with Crippen molar-refractivity contribution in [3.05, 3.63) is 0 Å². The molecular weight excluding hydrogens is 306 g/mol. The predicted octanol–water partition coefficient (Wildman–Crippen LogP) is -0.160. The Balaban J connectivity index is 1.61. The molecule has 0 aromatic rings. The van der Waals surface area contributed by atoms with Crippen LogP contribution in [-0.2, 0) is 9.47 Å². The summed E-state index contributed by atoms with van der Waals surface area (Å²) < 4.78 is 11.2. The fraction of sp³-hybridized carbons (Fsp3) is 0.941. The van der Waals surface area contributed by atoms with E-state index < -0.39 is 0 Å². The number of hydrogen-bond donors (Lipinski definition) is 2. The molecule has 0 aromatic carbocycles. The van der Waals surface area contributed by atoms with Gasteiger partial charge < -0.3 is 20.1 Å². The number of aliphatic imine (C=N–C) groups is 1. The second kappa shape index (κ2) is 10.9. The molecule has 0 aliphatic carbocycles. The third kappa shape index (κ3) is 7.34. The van der Waals surface area contributed by atoms with E-state index in [2.05, 4.69) is 39.3 Å². The van der Waals surface area contributed by atoms with Crippen LogP contribution in [0.3, 0.4) is 0 Å². The van der Waals surface area contributed by atoms with Crippen molar-refractivity contribution in [2.24, 2.45) is 10.9 Å². The number of ether oxygens (including phenoxy) is 2. The standard InChI is InChI=1S/C17H35N5O2/c1-15(2)13-22-8-11-24-16(14-22)12-20-17(18-3)19-4-5-21-6-9-23-10-7-21/h15-16H,4-14H2,1-3H3,(H2,18,19,20). The van der Waals surface area contributed by atoms with Crippen LogP contribution < -0.4 is 10.6 Å². The van der Waals surface area contributed by atoms with Gasteiger partial charge in [0, 0.05) is 59.4 Å². The van der Waals surface area contributed by atoms with E-state index in [0.29, 0.717) is 5.92 Å². The van der Waals surface area contributed by atoms with Crippen molar-refractivity contribution in [2.75, 3.05) is 79.2 Å². The van der Waals surface area contributed by atoms with Crippen LogP contribution in [0.15, 0.2) is 4.99 Å². The largest absolute Gasteiger partial charge is 0.379 e. The van der Waals surface area contributed by atoms with Crippen molar-refractivity contribution in [3.8, 4) is 0 Å². The Morgan fingerprint density at radius 2 is 1.88 bits per heavy atom. The Morgan fingerprint density at radius 1 is 1.12 bits per heavy atom. The monoisotopic (exact) mass is 341 g/mol. The molecule has 2 aliphatic rings. The summed E-state index contributed by atoms with van der Waals surface area (Å²) in [6, 6.07) is 0. The van der Waals surface area contributed by atoms with Crippen molar-refractivity contribution in [2.45, 2.75) is 20.0 Å². The summed E-state index contributed by atoms with van der Waals surface area (Å²) in [6.45, 7) is 15.0. The Bertz CT molecular complexity index is 372. The van der Waals surface area contributed by atoms with Crippen molar-refractivity contribution in [1.29, 1.82) is 0 Å². The lowest BCUT2D eigenvalue weighted by molar-refractivity contribution is -0.0284. The highest BCUT2D eigenvalue weighted by atomic mass is 16.5. The Kier molecular flexibility index (Phi) is 8.80. The van der Waals surface area contributed by atoms with E-state index in [1.165, 1.54) is 0 Å². The van der Waals surface area contributed by atoms with E-state index in [9.17, 15) is 0 Å². The lowest BCUT2D eigenvalue weighted by Crippen LogP contribution is -2.50. The smallest absolute Gasteiger partial charge is 0.191 e. The fourth-order valence-electron chi connectivity index (χ4n) is 3.17. The average Bonchev–Trinajstić information content (AvgIpc) is 2.58. The van der Waals surface area contributed by atoms with E-state index in [1.54, 1.807) is 0 Å². The normalized spacial score (nSPS) is 24.3. The summed E-state index contributed by atoms with van der Waals surface area (Å²) in [4.78, 5) is 9.21. The van der Waals surface area contributed by atoms with Gasteiger partial charge in [-0.25, -0.2) is 0 Å². The Labute approximate surface area is 146 Å². The molecule has 2 aliphatic heterocycles. The highest BCUT2D eigenvalue weighted by Gasteiger charge is 2.21. The maximum atomic E-state index is 5.88. The maximum absolute atomic E-state index is 5.88. The zero-order chi connectivity index (χ0) is 17.2. The molecule has 1 atom stereocenters. The van der Waals surface area contributed by atoms with Gasteiger partial charge in [0.15, 0.2) is 5.96 Å². The molecule has 0 radical (unpaired) electrons. The zero-order valence-electron chi connectivity index (χ0n) is 15.6. The van der Waals surface area contributed by atoms with Crippen LogP contribution in [0, 0.1) is 5.92 Å². The lowest BCUT2D eigenvalue weighted by atomic mass is 10.2. The summed E-state index contributed by atoms with van der Waals surface area (Å²) in [5.74, 6) is 1.55. The van der Waals surface area contributed by atoms with Crippen LogP contribution >= 0.6 is 0 Å². The van der Waals surface area contributed by atoms with Crippen LogP contribution in [0.1, 0.15) is 13.8 Å². The van der Waals surface area contributed by atoms with Crippen LogP contribution in [-0.4, -0.2) is 101 Å². The number of hydrogen-bond acceptors (Lipinski definition) is 5. The maximum Gasteiger partial charge on any atom is 0.191 e. The molecule has 2 N–H and O–H groups in total. The zero-order valence-corrected chi connectivity index (χ0v) is 15.6. The van der Waals surface area contributed by atoms with Crippen LogP contribution in [0.25, 0.3) is 0 Å². The summed E-state index contributed by atoms with van der Waals surface area (Å²) in [7, 11) is 1.82. The third-order valence-electron chi connectivity index (χ3n) is 4.39. The van der Waals surface area contributed by atoms with Crippen molar-refractivity contribution >= 4 is 5.96 Å². The molecule has 0 spiro atoms. The second-order valence-corrected chi connectivity index (χ2v) is 6.98. The molecule has 0 bridgehead atoms. The third-order valence-corrected chi connectivity index (χ3v) is 4.39. The molecule has 140 valence electrons. The number of morpholine rings is 2. The topological polar surface area (TPSA) is 61.4 Å². The van der Waals surface area contributed by atoms with E-state index in [1.807, 2.05) is 7.05 Å². The Hall–Kier alpha value is -0.890. The van der Waals surface area contributed by atoms with E-state index in [-0.39, 0.29) is 6.10 Å². The first-order valence-electron chi connectivity index (χ1n) is 9.26. The van der Waals surface area contributed by atoms with Gasteiger partial charge in [0.05, 0.1) is 25.9 Å². The number of rotatable bonds is 7. The summed E-state index contributed by atoms with van der Waals surface area (Å²) >= 11 is 0. The van der Waals surface area contributed by atoms with Crippen LogP contribution in [0.4, 0.5) is 0 Å². The quantitative estimate of drug-likeness (QED) is 0.496. The predicted molar refractivity (Wildman–Crippen MR) is 97.6 cm³/mol. The summed E-state index contributed by atoms with van der Waals surface area (Å²) in [6.07, 6.45) is 0.232. The molecular formula is C17H35N5O2. The Morgan fingerprint density at radius 3 is 2.58 bits per heavy atom. The highest BCUT2D eigenvalue weighted by Crippen LogP contribution is 2.07. The first-order chi connectivity index (χ1) is 11.7. The fourth-order valence-corrected chi connectivity index (χ4v) is 3.17. The average molecular weight is 342 g/mol.